The zero-order valence-corrected chi connectivity index (χ0v) is 16.2. The van der Waals surface area contributed by atoms with E-state index in [1.54, 1.807) is 0 Å². The van der Waals surface area contributed by atoms with Gasteiger partial charge >= 0.3 is 0 Å². The molecular weight excluding hydrogens is 351 g/mol. The molecule has 0 aliphatic heterocycles. The van der Waals surface area contributed by atoms with Crippen LogP contribution in [-0.4, -0.2) is 0 Å². The Balaban J connectivity index is 1.53. The van der Waals surface area contributed by atoms with Crippen molar-refractivity contribution in [3.8, 4) is 11.5 Å². The first-order chi connectivity index (χ1) is 12.0. The first kappa shape index (κ1) is 18.4. The third-order valence-corrected chi connectivity index (χ3v) is 5.55. The lowest BCUT2D eigenvalue weighted by Gasteiger charge is -2.08. The van der Waals surface area contributed by atoms with E-state index in [9.17, 15) is 0 Å². The molecule has 25 heavy (non-hydrogen) atoms. The van der Waals surface area contributed by atoms with Crippen LogP contribution in [-0.2, 0) is 6.42 Å². The molecule has 0 aromatic heterocycles. The Labute approximate surface area is 160 Å². The third kappa shape index (κ3) is 4.80. The fourth-order valence-corrected chi connectivity index (χ4v) is 3.99. The molecule has 2 atom stereocenters. The Morgan fingerprint density at radius 3 is 2.48 bits per heavy atom. The number of ether oxygens (including phenoxy) is 1. The van der Waals surface area contributed by atoms with Gasteiger partial charge in [-0.1, -0.05) is 73.5 Å². The number of halogens is 2. The van der Waals surface area contributed by atoms with Gasteiger partial charge in [0, 0.05) is 0 Å². The summed E-state index contributed by atoms with van der Waals surface area (Å²) in [6.45, 7) is 4.59. The molecule has 3 rings (SSSR count). The van der Waals surface area contributed by atoms with Crippen LogP contribution in [0.4, 0.5) is 0 Å². The Morgan fingerprint density at radius 1 is 1.04 bits per heavy atom. The van der Waals surface area contributed by atoms with Crippen LogP contribution < -0.4 is 4.74 Å². The van der Waals surface area contributed by atoms with E-state index in [0.29, 0.717) is 21.7 Å². The van der Waals surface area contributed by atoms with Crippen molar-refractivity contribution in [1.29, 1.82) is 0 Å². The lowest BCUT2D eigenvalue weighted by atomic mass is 10.0. The van der Waals surface area contributed by atoms with Gasteiger partial charge in [0.1, 0.15) is 16.0 Å². The summed E-state index contributed by atoms with van der Waals surface area (Å²) >= 11 is 11.7. The SMILES string of the molecule is CC1(C)C(C=C(Cl)Cl)C1CCCc1cccc(Oc2ccccc2)c1. The van der Waals surface area contributed by atoms with Gasteiger partial charge in [-0.05, 0) is 66.3 Å². The molecule has 0 radical (unpaired) electrons. The second-order valence-corrected chi connectivity index (χ2v) is 8.37. The van der Waals surface area contributed by atoms with Crippen LogP contribution >= 0.6 is 23.2 Å². The molecule has 1 aliphatic rings. The van der Waals surface area contributed by atoms with Crippen LogP contribution in [0.15, 0.2) is 65.2 Å². The standard InChI is InChI=1S/C22H24Cl2O/c1-22(2)19(20(22)15-21(23)24)13-7-9-16-8-6-12-18(14-16)25-17-10-4-3-5-11-17/h3-6,8,10-12,14-15,19-20H,7,9,13H2,1-2H3. The average molecular weight is 375 g/mol. The summed E-state index contributed by atoms with van der Waals surface area (Å²) in [7, 11) is 0. The van der Waals surface area contributed by atoms with Crippen LogP contribution in [0.5, 0.6) is 11.5 Å². The quantitative estimate of drug-likeness (QED) is 0.490. The van der Waals surface area contributed by atoms with E-state index in [4.69, 9.17) is 27.9 Å². The Morgan fingerprint density at radius 2 is 1.76 bits per heavy atom. The van der Waals surface area contributed by atoms with Crippen LogP contribution in [0, 0.1) is 17.3 Å². The predicted molar refractivity (Wildman–Crippen MR) is 106 cm³/mol. The van der Waals surface area contributed by atoms with Gasteiger partial charge in [-0.25, -0.2) is 0 Å². The normalized spacial score (nSPS) is 20.8. The smallest absolute Gasteiger partial charge is 0.127 e. The van der Waals surface area contributed by atoms with Crippen LogP contribution in [0.2, 0.25) is 0 Å². The van der Waals surface area contributed by atoms with Crippen molar-refractivity contribution in [3.05, 3.63) is 70.7 Å². The average Bonchev–Trinajstić information content (AvgIpc) is 3.08. The molecule has 0 bridgehead atoms. The second-order valence-electron chi connectivity index (χ2n) is 7.36. The highest BCUT2D eigenvalue weighted by molar-refractivity contribution is 6.55. The van der Waals surface area contributed by atoms with E-state index in [2.05, 4.69) is 32.0 Å². The van der Waals surface area contributed by atoms with Gasteiger partial charge in [-0.2, -0.15) is 0 Å². The number of allylic oxidation sites excluding steroid dienone is 1. The molecule has 1 fully saturated rings. The highest BCUT2D eigenvalue weighted by Crippen LogP contribution is 2.61. The molecule has 1 nitrogen and oxygen atoms in total. The van der Waals surface area contributed by atoms with Crippen molar-refractivity contribution in [2.45, 2.75) is 33.1 Å². The second kappa shape index (κ2) is 7.85. The molecule has 1 aliphatic carbocycles. The van der Waals surface area contributed by atoms with Gasteiger partial charge in [-0.3, -0.25) is 0 Å². The number of hydrogen-bond acceptors (Lipinski definition) is 1. The van der Waals surface area contributed by atoms with Gasteiger partial charge in [-0.15, -0.1) is 0 Å². The molecule has 0 amide bonds. The predicted octanol–water partition coefficient (Wildman–Crippen LogP) is 7.39. The Kier molecular flexibility index (Phi) is 5.76. The van der Waals surface area contributed by atoms with Gasteiger partial charge in [0.05, 0.1) is 0 Å². The summed E-state index contributed by atoms with van der Waals surface area (Å²) in [5.74, 6) is 2.94. The summed E-state index contributed by atoms with van der Waals surface area (Å²) in [6, 6.07) is 18.3. The van der Waals surface area contributed by atoms with Crippen molar-refractivity contribution in [2.24, 2.45) is 17.3 Å². The number of rotatable bonds is 7. The van der Waals surface area contributed by atoms with Crippen molar-refractivity contribution < 1.29 is 4.74 Å². The minimum absolute atomic E-state index is 0.313. The molecule has 0 N–H and O–H groups in total. The summed E-state index contributed by atoms with van der Waals surface area (Å²) < 4.78 is 6.31. The Bertz CT molecular complexity index is 733. The third-order valence-electron chi connectivity index (χ3n) is 5.30. The maximum atomic E-state index is 5.92. The summed E-state index contributed by atoms with van der Waals surface area (Å²) in [5.41, 5.74) is 1.63. The molecule has 132 valence electrons. The fraction of sp³-hybridized carbons (Fsp3) is 0.364. The molecule has 2 aromatic carbocycles. The van der Waals surface area contributed by atoms with Gasteiger partial charge in [0.2, 0.25) is 0 Å². The van der Waals surface area contributed by atoms with E-state index < -0.39 is 0 Å². The van der Waals surface area contributed by atoms with E-state index in [1.165, 1.54) is 12.0 Å². The minimum atomic E-state index is 0.313. The maximum absolute atomic E-state index is 5.92. The molecule has 3 heteroatoms. The molecular formula is C22H24Cl2O. The highest BCUT2D eigenvalue weighted by atomic mass is 35.5. The van der Waals surface area contributed by atoms with Crippen molar-refractivity contribution in [1.82, 2.24) is 0 Å². The van der Waals surface area contributed by atoms with Gasteiger partial charge < -0.3 is 4.74 Å². The zero-order valence-electron chi connectivity index (χ0n) is 14.7. The largest absolute Gasteiger partial charge is 0.457 e. The number of benzene rings is 2. The van der Waals surface area contributed by atoms with E-state index in [-0.39, 0.29) is 0 Å². The number of para-hydroxylation sites is 1. The van der Waals surface area contributed by atoms with E-state index in [1.807, 2.05) is 42.5 Å². The minimum Gasteiger partial charge on any atom is -0.457 e. The zero-order chi connectivity index (χ0) is 17.9. The first-order valence-electron chi connectivity index (χ1n) is 8.81. The highest BCUT2D eigenvalue weighted by Gasteiger charge is 2.55. The molecule has 1 saturated carbocycles. The van der Waals surface area contributed by atoms with Crippen molar-refractivity contribution in [3.63, 3.8) is 0 Å². The molecule has 2 aromatic rings. The van der Waals surface area contributed by atoms with Crippen LogP contribution in [0.3, 0.4) is 0 Å². The van der Waals surface area contributed by atoms with Crippen molar-refractivity contribution in [2.75, 3.05) is 0 Å². The Hall–Kier alpha value is -1.44. The first-order valence-corrected chi connectivity index (χ1v) is 9.57. The van der Waals surface area contributed by atoms with Gasteiger partial charge in [0.15, 0.2) is 0 Å². The molecule has 2 unspecified atom stereocenters. The van der Waals surface area contributed by atoms with Crippen LogP contribution in [0.25, 0.3) is 0 Å². The summed E-state index contributed by atoms with van der Waals surface area (Å²) in [6.07, 6.45) is 5.41. The maximum Gasteiger partial charge on any atom is 0.127 e. The summed E-state index contributed by atoms with van der Waals surface area (Å²) in [5, 5.41) is 0. The van der Waals surface area contributed by atoms with Crippen molar-refractivity contribution >= 4 is 23.2 Å². The summed E-state index contributed by atoms with van der Waals surface area (Å²) in [4.78, 5) is 0. The van der Waals surface area contributed by atoms with Gasteiger partial charge in [0.25, 0.3) is 0 Å². The van der Waals surface area contributed by atoms with E-state index >= 15 is 0 Å². The monoisotopic (exact) mass is 374 g/mol. The number of aryl methyl sites for hydroxylation is 1. The molecule has 0 saturated heterocycles. The van der Waals surface area contributed by atoms with E-state index in [0.717, 1.165) is 24.3 Å². The molecule has 0 heterocycles. The number of hydrogen-bond donors (Lipinski definition) is 0. The topological polar surface area (TPSA) is 9.23 Å². The molecule has 0 spiro atoms. The lowest BCUT2D eigenvalue weighted by molar-refractivity contribution is 0.481. The lowest BCUT2D eigenvalue weighted by Crippen LogP contribution is -1.93. The van der Waals surface area contributed by atoms with Crippen LogP contribution in [0.1, 0.15) is 32.3 Å². The fourth-order valence-electron chi connectivity index (χ4n) is 3.72.